The number of ether oxygens (including phenoxy) is 1. The molecule has 1 aliphatic heterocycles. The topological polar surface area (TPSA) is 58.6 Å². The Kier molecular flexibility index (Phi) is 6.67. The number of unbranched alkanes of at least 4 members (excludes halogenated alkanes) is 1. The number of rotatable bonds is 8. The molecule has 1 fully saturated rings. The Morgan fingerprint density at radius 3 is 2.50 bits per heavy atom. The maximum Gasteiger partial charge on any atom is 0.211 e. The molecule has 0 spiro atoms. The quantitative estimate of drug-likeness (QED) is 0.791. The van der Waals surface area contributed by atoms with E-state index in [1.54, 1.807) is 0 Å². The summed E-state index contributed by atoms with van der Waals surface area (Å²) in [5, 5.41) is 0. The van der Waals surface area contributed by atoms with E-state index in [0.29, 0.717) is 13.0 Å². The van der Waals surface area contributed by atoms with E-state index in [-0.39, 0.29) is 5.75 Å². The number of anilines is 1. The highest BCUT2D eigenvalue weighted by Crippen LogP contribution is 2.16. The van der Waals surface area contributed by atoms with Gasteiger partial charge in [-0.1, -0.05) is 25.5 Å². The molecule has 0 atom stereocenters. The molecular formula is C16H26N2O3S. The third kappa shape index (κ3) is 5.59. The Bertz CT molecular complexity index is 537. The Morgan fingerprint density at radius 2 is 1.86 bits per heavy atom. The van der Waals surface area contributed by atoms with Crippen molar-refractivity contribution in [2.45, 2.75) is 26.2 Å². The van der Waals surface area contributed by atoms with E-state index in [2.05, 4.69) is 33.9 Å². The van der Waals surface area contributed by atoms with E-state index in [4.69, 9.17) is 4.74 Å². The van der Waals surface area contributed by atoms with E-state index in [9.17, 15) is 8.42 Å². The number of hydrogen-bond donors (Lipinski definition) is 1. The summed E-state index contributed by atoms with van der Waals surface area (Å²) < 4.78 is 31.4. The molecule has 1 aromatic rings. The van der Waals surface area contributed by atoms with Gasteiger partial charge in [-0.15, -0.1) is 0 Å². The van der Waals surface area contributed by atoms with Gasteiger partial charge >= 0.3 is 0 Å². The number of nitrogens with one attached hydrogen (secondary N) is 1. The van der Waals surface area contributed by atoms with Gasteiger partial charge in [-0.05, 0) is 30.5 Å². The van der Waals surface area contributed by atoms with Crippen LogP contribution in [0.2, 0.25) is 0 Å². The summed E-state index contributed by atoms with van der Waals surface area (Å²) >= 11 is 0. The predicted molar refractivity (Wildman–Crippen MR) is 89.9 cm³/mol. The molecule has 1 aromatic carbocycles. The second kappa shape index (κ2) is 8.50. The number of benzene rings is 1. The lowest BCUT2D eigenvalue weighted by molar-refractivity contribution is 0.122. The maximum atomic E-state index is 11.7. The van der Waals surface area contributed by atoms with Crippen LogP contribution in [-0.2, 0) is 21.2 Å². The zero-order chi connectivity index (χ0) is 15.8. The van der Waals surface area contributed by atoms with Crippen LogP contribution in [-0.4, -0.2) is 47.0 Å². The molecule has 22 heavy (non-hydrogen) atoms. The van der Waals surface area contributed by atoms with E-state index in [1.165, 1.54) is 5.69 Å². The molecule has 1 aliphatic rings. The van der Waals surface area contributed by atoms with Crippen LogP contribution in [0.25, 0.3) is 0 Å². The maximum absolute atomic E-state index is 11.7. The fourth-order valence-corrected chi connectivity index (χ4v) is 3.68. The van der Waals surface area contributed by atoms with Crippen LogP contribution < -0.4 is 9.62 Å². The molecule has 0 bridgehead atoms. The second-order valence-corrected chi connectivity index (χ2v) is 7.51. The number of hydrogen-bond acceptors (Lipinski definition) is 4. The average molecular weight is 326 g/mol. The van der Waals surface area contributed by atoms with Crippen LogP contribution in [0.5, 0.6) is 0 Å². The average Bonchev–Trinajstić information content (AvgIpc) is 2.54. The number of morpholine rings is 1. The van der Waals surface area contributed by atoms with E-state index < -0.39 is 10.0 Å². The molecule has 1 saturated heterocycles. The number of sulfonamides is 1. The fraction of sp³-hybridized carbons (Fsp3) is 0.625. The van der Waals surface area contributed by atoms with Gasteiger partial charge < -0.3 is 9.64 Å². The minimum atomic E-state index is -3.11. The summed E-state index contributed by atoms with van der Waals surface area (Å²) in [5.41, 5.74) is 2.35. The zero-order valence-electron chi connectivity index (χ0n) is 13.3. The van der Waals surface area contributed by atoms with Crippen molar-refractivity contribution in [3.8, 4) is 0 Å². The first-order chi connectivity index (χ1) is 10.6. The lowest BCUT2D eigenvalue weighted by atomic mass is 10.1. The van der Waals surface area contributed by atoms with Gasteiger partial charge in [-0.3, -0.25) is 0 Å². The molecule has 2 rings (SSSR count). The third-order valence-electron chi connectivity index (χ3n) is 3.81. The van der Waals surface area contributed by atoms with Gasteiger partial charge in [0.15, 0.2) is 0 Å². The Morgan fingerprint density at radius 1 is 1.18 bits per heavy atom. The summed E-state index contributed by atoms with van der Waals surface area (Å²) in [5.74, 6) is 0.222. The van der Waals surface area contributed by atoms with Crippen molar-refractivity contribution in [1.82, 2.24) is 4.72 Å². The van der Waals surface area contributed by atoms with Gasteiger partial charge in [0.2, 0.25) is 10.0 Å². The molecular weight excluding hydrogens is 300 g/mol. The van der Waals surface area contributed by atoms with Gasteiger partial charge in [0.25, 0.3) is 0 Å². The molecule has 0 radical (unpaired) electrons. The number of nitrogens with zero attached hydrogens (tertiary/aromatic N) is 1. The highest BCUT2D eigenvalue weighted by molar-refractivity contribution is 7.89. The summed E-state index contributed by atoms with van der Waals surface area (Å²) in [6, 6.07) is 8.36. The first-order valence-electron chi connectivity index (χ1n) is 8.00. The summed E-state index contributed by atoms with van der Waals surface area (Å²) in [6.45, 7) is 5.87. The van der Waals surface area contributed by atoms with Gasteiger partial charge in [-0.2, -0.15) is 0 Å². The van der Waals surface area contributed by atoms with Crippen LogP contribution in [0, 0.1) is 0 Å². The van der Waals surface area contributed by atoms with Crippen molar-refractivity contribution < 1.29 is 13.2 Å². The molecule has 0 saturated carbocycles. The van der Waals surface area contributed by atoms with Gasteiger partial charge in [0, 0.05) is 25.3 Å². The normalized spacial score (nSPS) is 16.0. The van der Waals surface area contributed by atoms with Gasteiger partial charge in [0.1, 0.15) is 0 Å². The van der Waals surface area contributed by atoms with E-state index >= 15 is 0 Å². The lowest BCUT2D eigenvalue weighted by Gasteiger charge is -2.28. The van der Waals surface area contributed by atoms with Crippen LogP contribution in [0.4, 0.5) is 5.69 Å². The molecule has 5 nitrogen and oxygen atoms in total. The molecule has 0 unspecified atom stereocenters. The summed E-state index contributed by atoms with van der Waals surface area (Å²) in [7, 11) is -3.11. The third-order valence-corrected chi connectivity index (χ3v) is 5.28. The molecule has 124 valence electrons. The monoisotopic (exact) mass is 326 g/mol. The molecule has 6 heteroatoms. The standard InChI is InChI=1S/C16H26N2O3S/c1-2-3-14-22(19,20)17-9-8-15-4-6-16(7-5-15)18-10-12-21-13-11-18/h4-7,17H,2-3,8-14H2,1H3. The second-order valence-electron chi connectivity index (χ2n) is 5.58. The van der Waals surface area contributed by atoms with Crippen molar-refractivity contribution in [3.63, 3.8) is 0 Å². The highest BCUT2D eigenvalue weighted by Gasteiger charge is 2.11. The van der Waals surface area contributed by atoms with Crippen molar-refractivity contribution in [1.29, 1.82) is 0 Å². The molecule has 0 aliphatic carbocycles. The Hall–Kier alpha value is -1.11. The van der Waals surface area contributed by atoms with Gasteiger partial charge in [0.05, 0.1) is 19.0 Å². The molecule has 0 amide bonds. The summed E-state index contributed by atoms with van der Waals surface area (Å²) in [6.07, 6.45) is 2.32. The highest BCUT2D eigenvalue weighted by atomic mass is 32.2. The molecule has 0 aromatic heterocycles. The van der Waals surface area contributed by atoms with Crippen molar-refractivity contribution >= 4 is 15.7 Å². The van der Waals surface area contributed by atoms with Crippen LogP contribution in [0.1, 0.15) is 25.3 Å². The summed E-state index contributed by atoms with van der Waals surface area (Å²) in [4.78, 5) is 2.31. The zero-order valence-corrected chi connectivity index (χ0v) is 14.1. The Balaban J connectivity index is 1.79. The minimum absolute atomic E-state index is 0.222. The first kappa shape index (κ1) is 17.2. The molecule has 1 N–H and O–H groups in total. The van der Waals surface area contributed by atoms with Crippen LogP contribution in [0.15, 0.2) is 24.3 Å². The SMILES string of the molecule is CCCCS(=O)(=O)NCCc1ccc(N2CCOCC2)cc1. The van der Waals surface area contributed by atoms with Crippen molar-refractivity contribution in [2.24, 2.45) is 0 Å². The van der Waals surface area contributed by atoms with E-state index in [1.807, 2.05) is 6.92 Å². The molecule has 1 heterocycles. The van der Waals surface area contributed by atoms with Gasteiger partial charge in [-0.25, -0.2) is 13.1 Å². The fourth-order valence-electron chi connectivity index (χ4n) is 2.45. The smallest absolute Gasteiger partial charge is 0.211 e. The van der Waals surface area contributed by atoms with Crippen LogP contribution in [0.3, 0.4) is 0 Å². The van der Waals surface area contributed by atoms with E-state index in [0.717, 1.165) is 44.7 Å². The van der Waals surface area contributed by atoms with Crippen molar-refractivity contribution in [3.05, 3.63) is 29.8 Å². The minimum Gasteiger partial charge on any atom is -0.378 e. The Labute approximate surface area is 133 Å². The largest absolute Gasteiger partial charge is 0.378 e. The first-order valence-corrected chi connectivity index (χ1v) is 9.65. The predicted octanol–water partition coefficient (Wildman–Crippen LogP) is 1.79. The van der Waals surface area contributed by atoms with Crippen LogP contribution >= 0.6 is 0 Å². The van der Waals surface area contributed by atoms with Crippen molar-refractivity contribution in [2.75, 3.05) is 43.5 Å². The lowest BCUT2D eigenvalue weighted by Crippen LogP contribution is -2.36.